The number of aromatic hydroxyl groups is 2. The molecule has 0 bridgehead atoms. The van der Waals surface area contributed by atoms with E-state index in [0.29, 0.717) is 23.3 Å². The van der Waals surface area contributed by atoms with Gasteiger partial charge in [0.05, 0.1) is 0 Å². The van der Waals surface area contributed by atoms with Crippen LogP contribution >= 0.6 is 24.8 Å². The van der Waals surface area contributed by atoms with E-state index in [4.69, 9.17) is 0 Å². The van der Waals surface area contributed by atoms with Crippen LogP contribution in [0.15, 0.2) is 48.5 Å². The van der Waals surface area contributed by atoms with Gasteiger partial charge in [-0.15, -0.1) is 24.8 Å². The van der Waals surface area contributed by atoms with Crippen molar-refractivity contribution in [3.05, 3.63) is 59.7 Å². The predicted octanol–water partition coefficient (Wildman–Crippen LogP) is 5.63. The Hall–Kier alpha value is -1.38. The first-order valence-corrected chi connectivity index (χ1v) is 7.23. The van der Waals surface area contributed by atoms with Crippen LogP contribution in [0.1, 0.15) is 49.7 Å². The van der Waals surface area contributed by atoms with E-state index >= 15 is 0 Å². The van der Waals surface area contributed by atoms with Crippen molar-refractivity contribution in [2.75, 3.05) is 0 Å². The van der Waals surface area contributed by atoms with Crippen LogP contribution in [-0.2, 0) is 0 Å². The van der Waals surface area contributed by atoms with Crippen molar-refractivity contribution in [2.45, 2.75) is 38.5 Å². The molecular formula is C18H24Cl2O2. The lowest BCUT2D eigenvalue weighted by atomic mass is 9.78. The molecule has 0 aliphatic carbocycles. The number of hydrogen-bond acceptors (Lipinski definition) is 2. The van der Waals surface area contributed by atoms with E-state index < -0.39 is 0 Å². The highest BCUT2D eigenvalue weighted by Crippen LogP contribution is 2.38. The second-order valence-electron chi connectivity index (χ2n) is 5.21. The third kappa shape index (κ3) is 4.82. The highest BCUT2D eigenvalue weighted by atomic mass is 35.5. The molecule has 2 rings (SSSR count). The van der Waals surface area contributed by atoms with Gasteiger partial charge in [-0.05, 0) is 60.1 Å². The molecule has 2 unspecified atom stereocenters. The predicted molar refractivity (Wildman–Crippen MR) is 96.8 cm³/mol. The molecule has 2 aromatic carbocycles. The van der Waals surface area contributed by atoms with Crippen molar-refractivity contribution < 1.29 is 10.2 Å². The summed E-state index contributed by atoms with van der Waals surface area (Å²) >= 11 is 0. The number of phenols is 2. The van der Waals surface area contributed by atoms with E-state index in [-0.39, 0.29) is 24.8 Å². The highest BCUT2D eigenvalue weighted by molar-refractivity contribution is 5.85. The Labute approximate surface area is 145 Å². The fourth-order valence-electron chi connectivity index (χ4n) is 2.95. The fraction of sp³-hybridized carbons (Fsp3) is 0.333. The van der Waals surface area contributed by atoms with E-state index in [9.17, 15) is 10.2 Å². The maximum absolute atomic E-state index is 9.43. The molecule has 4 heteroatoms. The molecule has 0 spiro atoms. The van der Waals surface area contributed by atoms with Crippen LogP contribution in [0.5, 0.6) is 11.5 Å². The Bertz CT molecular complexity index is 487. The molecule has 2 N–H and O–H groups in total. The fourth-order valence-corrected chi connectivity index (χ4v) is 2.95. The quantitative estimate of drug-likeness (QED) is 0.739. The van der Waals surface area contributed by atoms with Gasteiger partial charge in [-0.2, -0.15) is 0 Å². The third-order valence-corrected chi connectivity index (χ3v) is 4.01. The molecule has 0 radical (unpaired) electrons. The molecule has 2 nitrogen and oxygen atoms in total. The summed E-state index contributed by atoms with van der Waals surface area (Å²) in [5.74, 6) is 1.46. The Morgan fingerprint density at radius 2 is 0.909 bits per heavy atom. The molecule has 0 saturated carbocycles. The molecule has 122 valence electrons. The second kappa shape index (κ2) is 9.60. The molecule has 2 atom stereocenters. The van der Waals surface area contributed by atoms with E-state index in [1.54, 1.807) is 24.3 Å². The average molecular weight is 343 g/mol. The van der Waals surface area contributed by atoms with Crippen LogP contribution in [0.3, 0.4) is 0 Å². The molecule has 2 aromatic rings. The largest absolute Gasteiger partial charge is 0.508 e. The second-order valence-corrected chi connectivity index (χ2v) is 5.21. The summed E-state index contributed by atoms with van der Waals surface area (Å²) in [5.41, 5.74) is 2.51. The van der Waals surface area contributed by atoms with Crippen molar-refractivity contribution in [3.8, 4) is 11.5 Å². The monoisotopic (exact) mass is 342 g/mol. The summed E-state index contributed by atoms with van der Waals surface area (Å²) in [6.45, 7) is 4.39. The van der Waals surface area contributed by atoms with Gasteiger partial charge >= 0.3 is 0 Å². The molecule has 0 amide bonds. The zero-order chi connectivity index (χ0) is 14.5. The van der Waals surface area contributed by atoms with Gasteiger partial charge in [-0.25, -0.2) is 0 Å². The Kier molecular flexibility index (Phi) is 9.00. The van der Waals surface area contributed by atoms with E-state index in [2.05, 4.69) is 13.8 Å². The van der Waals surface area contributed by atoms with Crippen LogP contribution in [-0.4, -0.2) is 10.2 Å². The van der Waals surface area contributed by atoms with Crippen molar-refractivity contribution >= 4 is 24.8 Å². The average Bonchev–Trinajstić information content (AvgIpc) is 2.47. The molecule has 0 aromatic heterocycles. The number of halogens is 2. The first kappa shape index (κ1) is 20.6. The number of phenolic OH excluding ortho intramolecular Hbond substituents is 2. The minimum absolute atomic E-state index is 0. The first-order valence-electron chi connectivity index (χ1n) is 7.23. The summed E-state index contributed by atoms with van der Waals surface area (Å²) in [6.07, 6.45) is 2.09. The van der Waals surface area contributed by atoms with Gasteiger partial charge in [-0.3, -0.25) is 0 Å². The van der Waals surface area contributed by atoms with Gasteiger partial charge in [0.25, 0.3) is 0 Å². The summed E-state index contributed by atoms with van der Waals surface area (Å²) in [6, 6.07) is 15.0. The minimum Gasteiger partial charge on any atom is -0.508 e. The van der Waals surface area contributed by atoms with Gasteiger partial charge < -0.3 is 10.2 Å². The summed E-state index contributed by atoms with van der Waals surface area (Å²) in [5, 5.41) is 18.9. The smallest absolute Gasteiger partial charge is 0.115 e. The topological polar surface area (TPSA) is 40.5 Å². The summed E-state index contributed by atoms with van der Waals surface area (Å²) in [4.78, 5) is 0. The molecule has 0 aliphatic rings. The number of benzene rings is 2. The SMILES string of the molecule is CCC(c1ccc(O)cc1)C(CC)c1ccc(O)cc1.Cl.Cl. The Morgan fingerprint density at radius 3 is 1.14 bits per heavy atom. The van der Waals surface area contributed by atoms with Crippen molar-refractivity contribution in [2.24, 2.45) is 0 Å². The van der Waals surface area contributed by atoms with E-state index in [1.807, 2.05) is 24.3 Å². The molecule has 0 fully saturated rings. The Morgan fingerprint density at radius 1 is 0.636 bits per heavy atom. The summed E-state index contributed by atoms with van der Waals surface area (Å²) < 4.78 is 0. The van der Waals surface area contributed by atoms with Gasteiger partial charge in [0.1, 0.15) is 11.5 Å². The third-order valence-electron chi connectivity index (χ3n) is 4.01. The minimum atomic E-state index is 0. The zero-order valence-corrected chi connectivity index (χ0v) is 14.5. The lowest BCUT2D eigenvalue weighted by molar-refractivity contribution is 0.470. The van der Waals surface area contributed by atoms with Crippen molar-refractivity contribution in [1.82, 2.24) is 0 Å². The standard InChI is InChI=1S/C18H22O2.2ClH/c1-3-17(13-5-9-15(19)10-6-13)18(4-2)14-7-11-16(20)12-8-14;;/h5-12,17-20H,3-4H2,1-2H3;2*1H. The lowest BCUT2D eigenvalue weighted by Gasteiger charge is -2.26. The van der Waals surface area contributed by atoms with Crippen molar-refractivity contribution in [3.63, 3.8) is 0 Å². The highest BCUT2D eigenvalue weighted by Gasteiger charge is 2.21. The lowest BCUT2D eigenvalue weighted by Crippen LogP contribution is -2.10. The van der Waals surface area contributed by atoms with E-state index in [1.165, 1.54) is 11.1 Å². The zero-order valence-electron chi connectivity index (χ0n) is 12.9. The van der Waals surface area contributed by atoms with Gasteiger partial charge in [0.2, 0.25) is 0 Å². The van der Waals surface area contributed by atoms with Gasteiger partial charge in [-0.1, -0.05) is 38.1 Å². The molecule has 0 aliphatic heterocycles. The molecule has 0 saturated heterocycles. The van der Waals surface area contributed by atoms with Crippen molar-refractivity contribution in [1.29, 1.82) is 0 Å². The van der Waals surface area contributed by atoms with Crippen LogP contribution < -0.4 is 0 Å². The number of rotatable bonds is 5. The maximum Gasteiger partial charge on any atom is 0.115 e. The molecule has 0 heterocycles. The molecule has 22 heavy (non-hydrogen) atoms. The van der Waals surface area contributed by atoms with Crippen LogP contribution in [0.4, 0.5) is 0 Å². The maximum atomic E-state index is 9.43. The molecular weight excluding hydrogens is 319 g/mol. The first-order chi connectivity index (χ1) is 9.65. The van der Waals surface area contributed by atoms with Crippen LogP contribution in [0.25, 0.3) is 0 Å². The van der Waals surface area contributed by atoms with Gasteiger partial charge in [0, 0.05) is 0 Å². The normalized spacial score (nSPS) is 12.6. The van der Waals surface area contributed by atoms with E-state index in [0.717, 1.165) is 12.8 Å². The van der Waals surface area contributed by atoms with Crippen LogP contribution in [0, 0.1) is 0 Å². The summed E-state index contributed by atoms with van der Waals surface area (Å²) in [7, 11) is 0. The Balaban J connectivity index is 0.00000220. The van der Waals surface area contributed by atoms with Gasteiger partial charge in [0.15, 0.2) is 0 Å². The number of hydrogen-bond donors (Lipinski definition) is 2. The van der Waals surface area contributed by atoms with Crippen LogP contribution in [0.2, 0.25) is 0 Å².